The third-order valence-electron chi connectivity index (χ3n) is 3.86. The van der Waals surface area contributed by atoms with Crippen molar-refractivity contribution in [1.29, 1.82) is 0 Å². The van der Waals surface area contributed by atoms with Gasteiger partial charge in [-0.1, -0.05) is 12.1 Å². The Kier molecular flexibility index (Phi) is 3.91. The van der Waals surface area contributed by atoms with E-state index in [0.29, 0.717) is 17.3 Å². The molecule has 8 heteroatoms. The molecule has 3 aromatic heterocycles. The highest BCUT2D eigenvalue weighted by molar-refractivity contribution is 7.13. The molecule has 0 radical (unpaired) electrons. The van der Waals surface area contributed by atoms with Crippen LogP contribution < -0.4 is 0 Å². The molecule has 0 spiro atoms. The van der Waals surface area contributed by atoms with Crippen LogP contribution in [0.15, 0.2) is 60.2 Å². The maximum Gasteiger partial charge on any atom is 0.416 e. The van der Waals surface area contributed by atoms with Gasteiger partial charge in [0.05, 0.1) is 16.1 Å². The highest BCUT2D eigenvalue weighted by atomic mass is 32.1. The summed E-state index contributed by atoms with van der Waals surface area (Å²) in [4.78, 5) is 5.43. The molecular formula is C18H13F3N4S. The lowest BCUT2D eigenvalue weighted by Crippen LogP contribution is -2.07. The minimum Gasteiger partial charge on any atom is -0.357 e. The van der Waals surface area contributed by atoms with Crippen LogP contribution in [-0.4, -0.2) is 19.3 Å². The van der Waals surface area contributed by atoms with E-state index in [2.05, 4.69) is 10.1 Å². The molecule has 4 rings (SSSR count). The van der Waals surface area contributed by atoms with Gasteiger partial charge < -0.3 is 4.57 Å². The number of halogens is 3. The van der Waals surface area contributed by atoms with Crippen LogP contribution in [0.25, 0.3) is 27.8 Å². The molecule has 0 atom stereocenters. The van der Waals surface area contributed by atoms with Gasteiger partial charge in [0.2, 0.25) is 0 Å². The van der Waals surface area contributed by atoms with E-state index in [1.165, 1.54) is 22.1 Å². The number of benzene rings is 1. The molecule has 26 heavy (non-hydrogen) atoms. The monoisotopic (exact) mass is 374 g/mol. The third-order valence-corrected chi connectivity index (χ3v) is 4.72. The normalized spacial score (nSPS) is 11.8. The Balaban J connectivity index is 1.90. The lowest BCUT2D eigenvalue weighted by molar-refractivity contribution is -0.137. The van der Waals surface area contributed by atoms with Gasteiger partial charge in [-0.05, 0) is 35.7 Å². The number of alkyl halides is 3. The summed E-state index contributed by atoms with van der Waals surface area (Å²) in [6.45, 7) is 0. The van der Waals surface area contributed by atoms with Crippen LogP contribution in [0.2, 0.25) is 0 Å². The van der Waals surface area contributed by atoms with E-state index < -0.39 is 11.7 Å². The standard InChI is InChI=1S/C18H13F3N4S/c1-24-8-7-12(11-24)17-22-16(15-6-3-9-26-15)23-25(17)14-5-2-4-13(10-14)18(19,20)21/h2-11H,1H3. The van der Waals surface area contributed by atoms with E-state index in [0.717, 1.165) is 22.6 Å². The molecule has 0 fully saturated rings. The zero-order valence-electron chi connectivity index (χ0n) is 13.6. The van der Waals surface area contributed by atoms with Crippen molar-refractivity contribution in [3.8, 4) is 27.8 Å². The summed E-state index contributed by atoms with van der Waals surface area (Å²) in [5.41, 5.74) is 0.372. The number of aryl methyl sites for hydroxylation is 1. The van der Waals surface area contributed by atoms with Crippen LogP contribution >= 0.6 is 11.3 Å². The Bertz CT molecular complexity index is 1040. The zero-order valence-corrected chi connectivity index (χ0v) is 14.4. The molecular weight excluding hydrogens is 361 g/mol. The average molecular weight is 374 g/mol. The van der Waals surface area contributed by atoms with Gasteiger partial charge in [0, 0.05) is 25.0 Å². The van der Waals surface area contributed by atoms with Gasteiger partial charge in [-0.15, -0.1) is 16.4 Å². The van der Waals surface area contributed by atoms with Gasteiger partial charge in [-0.2, -0.15) is 13.2 Å². The first-order valence-corrected chi connectivity index (χ1v) is 8.61. The second-order valence-corrected chi connectivity index (χ2v) is 6.71. The van der Waals surface area contributed by atoms with Gasteiger partial charge in [0.1, 0.15) is 0 Å². The topological polar surface area (TPSA) is 35.6 Å². The van der Waals surface area contributed by atoms with Crippen LogP contribution in [0.4, 0.5) is 13.2 Å². The molecule has 1 aromatic carbocycles. The van der Waals surface area contributed by atoms with Gasteiger partial charge in [0.25, 0.3) is 0 Å². The molecule has 0 bridgehead atoms. The Labute approximate surface area is 151 Å². The summed E-state index contributed by atoms with van der Waals surface area (Å²) < 4.78 is 42.6. The van der Waals surface area contributed by atoms with E-state index in [9.17, 15) is 13.2 Å². The maximum absolute atomic E-state index is 13.1. The van der Waals surface area contributed by atoms with E-state index in [4.69, 9.17) is 0 Å². The minimum atomic E-state index is -4.42. The quantitative estimate of drug-likeness (QED) is 0.505. The SMILES string of the molecule is Cn1ccc(-c2nc(-c3cccs3)nn2-c2cccc(C(F)(F)F)c2)c1. The molecule has 0 unspecified atom stereocenters. The summed E-state index contributed by atoms with van der Waals surface area (Å²) in [5, 5.41) is 6.38. The van der Waals surface area contributed by atoms with Crippen LogP contribution in [0.3, 0.4) is 0 Å². The second kappa shape index (κ2) is 6.14. The highest BCUT2D eigenvalue weighted by Crippen LogP contribution is 2.32. The van der Waals surface area contributed by atoms with Gasteiger partial charge in [-0.25, -0.2) is 9.67 Å². The molecule has 0 aliphatic carbocycles. The number of rotatable bonds is 3. The fraction of sp³-hybridized carbons (Fsp3) is 0.111. The molecule has 132 valence electrons. The molecule has 0 N–H and O–H groups in total. The second-order valence-electron chi connectivity index (χ2n) is 5.76. The first-order chi connectivity index (χ1) is 12.4. The number of thiophene rings is 1. The molecule has 0 saturated heterocycles. The molecule has 3 heterocycles. The summed E-state index contributed by atoms with van der Waals surface area (Å²) in [6, 6.07) is 10.7. The lowest BCUT2D eigenvalue weighted by Gasteiger charge is -2.09. The Hall–Kier alpha value is -2.87. The van der Waals surface area contributed by atoms with Crippen molar-refractivity contribution in [2.45, 2.75) is 6.18 Å². The fourth-order valence-electron chi connectivity index (χ4n) is 2.64. The fourth-order valence-corrected chi connectivity index (χ4v) is 3.29. The van der Waals surface area contributed by atoms with Crippen molar-refractivity contribution in [3.05, 3.63) is 65.8 Å². The Morgan fingerprint density at radius 1 is 1.08 bits per heavy atom. The number of aromatic nitrogens is 4. The minimum absolute atomic E-state index is 0.314. The smallest absolute Gasteiger partial charge is 0.357 e. The van der Waals surface area contributed by atoms with Gasteiger partial charge in [-0.3, -0.25) is 0 Å². The molecule has 0 saturated carbocycles. The summed E-state index contributed by atoms with van der Waals surface area (Å²) >= 11 is 1.48. The van der Waals surface area contributed by atoms with Crippen LogP contribution in [-0.2, 0) is 13.2 Å². The van der Waals surface area contributed by atoms with Crippen molar-refractivity contribution in [2.75, 3.05) is 0 Å². The highest BCUT2D eigenvalue weighted by Gasteiger charge is 2.31. The van der Waals surface area contributed by atoms with E-state index in [-0.39, 0.29) is 0 Å². The van der Waals surface area contributed by atoms with E-state index in [1.807, 2.05) is 47.6 Å². The molecule has 0 aliphatic rings. The zero-order chi connectivity index (χ0) is 18.3. The first-order valence-electron chi connectivity index (χ1n) is 7.73. The third kappa shape index (κ3) is 3.03. The van der Waals surface area contributed by atoms with Crippen LogP contribution in [0.1, 0.15) is 5.56 Å². The Morgan fingerprint density at radius 3 is 2.58 bits per heavy atom. The van der Waals surface area contributed by atoms with Crippen LogP contribution in [0.5, 0.6) is 0 Å². The van der Waals surface area contributed by atoms with Crippen molar-refractivity contribution in [1.82, 2.24) is 19.3 Å². The number of nitrogens with zero attached hydrogens (tertiary/aromatic N) is 4. The lowest BCUT2D eigenvalue weighted by atomic mass is 10.2. The first kappa shape index (κ1) is 16.6. The summed E-state index contributed by atoms with van der Waals surface area (Å²) in [7, 11) is 1.87. The van der Waals surface area contributed by atoms with Crippen molar-refractivity contribution < 1.29 is 13.2 Å². The maximum atomic E-state index is 13.1. The van der Waals surface area contributed by atoms with Crippen molar-refractivity contribution in [3.63, 3.8) is 0 Å². The van der Waals surface area contributed by atoms with Gasteiger partial charge in [0.15, 0.2) is 11.6 Å². The van der Waals surface area contributed by atoms with Gasteiger partial charge >= 0.3 is 6.18 Å². The number of hydrogen-bond donors (Lipinski definition) is 0. The molecule has 4 aromatic rings. The molecule has 0 amide bonds. The molecule has 0 aliphatic heterocycles. The molecule has 4 nitrogen and oxygen atoms in total. The number of hydrogen-bond acceptors (Lipinski definition) is 3. The Morgan fingerprint density at radius 2 is 1.92 bits per heavy atom. The average Bonchev–Trinajstić information content (AvgIpc) is 3.34. The summed E-state index contributed by atoms with van der Waals surface area (Å²) in [6.07, 6.45) is -0.711. The van der Waals surface area contributed by atoms with Crippen LogP contribution in [0, 0.1) is 0 Å². The largest absolute Gasteiger partial charge is 0.416 e. The summed E-state index contributed by atoms with van der Waals surface area (Å²) in [5.74, 6) is 0.976. The van der Waals surface area contributed by atoms with Crippen molar-refractivity contribution >= 4 is 11.3 Å². The van der Waals surface area contributed by atoms with Crippen molar-refractivity contribution in [2.24, 2.45) is 7.05 Å². The van der Waals surface area contributed by atoms with E-state index in [1.54, 1.807) is 6.07 Å². The predicted octanol–water partition coefficient (Wildman–Crippen LogP) is 5.02. The van der Waals surface area contributed by atoms with E-state index >= 15 is 0 Å². The predicted molar refractivity (Wildman–Crippen MR) is 94.1 cm³/mol.